The normalized spacial score (nSPS) is 10.9. The van der Waals surface area contributed by atoms with Crippen LogP contribution >= 0.6 is 23.2 Å². The van der Waals surface area contributed by atoms with E-state index in [1.165, 1.54) is 42.5 Å². The Hall–Kier alpha value is -3.23. The molecule has 0 aliphatic rings. The van der Waals surface area contributed by atoms with Gasteiger partial charge in [-0.3, -0.25) is 20.2 Å². The van der Waals surface area contributed by atoms with E-state index in [0.29, 0.717) is 21.2 Å². The number of nitro benzene ring substituents is 1. The third kappa shape index (κ3) is 4.69. The summed E-state index contributed by atoms with van der Waals surface area (Å²) in [6.45, 7) is 0. The molecule has 1 amide bonds. The maximum atomic E-state index is 11.9. The highest BCUT2D eigenvalue weighted by molar-refractivity contribution is 6.36. The standard InChI is InChI=1S/C17H10Cl2N4O4/c18-11-4-7-13(14(19)9-11)16-21-22-17(27-16)20-15(24)8-3-10-1-5-12(6-2-10)23(25)26/h1-9H,(H,20,22,24)/b8-3+. The molecule has 136 valence electrons. The third-order valence-electron chi connectivity index (χ3n) is 3.35. The molecule has 8 nitrogen and oxygen atoms in total. The van der Waals surface area contributed by atoms with Gasteiger partial charge in [-0.2, -0.15) is 0 Å². The van der Waals surface area contributed by atoms with Crippen LogP contribution in [0.2, 0.25) is 10.0 Å². The summed E-state index contributed by atoms with van der Waals surface area (Å²) < 4.78 is 5.36. The SMILES string of the molecule is O=C(/C=C/c1ccc([N+](=O)[O-])cc1)Nc1nnc(-c2ccc(Cl)cc2Cl)o1. The summed E-state index contributed by atoms with van der Waals surface area (Å²) in [5.74, 6) is -0.378. The van der Waals surface area contributed by atoms with Crippen LogP contribution in [0.5, 0.6) is 0 Å². The number of nitrogens with zero attached hydrogens (tertiary/aromatic N) is 3. The van der Waals surface area contributed by atoms with Crippen LogP contribution in [0.15, 0.2) is 53.0 Å². The molecule has 10 heteroatoms. The third-order valence-corrected chi connectivity index (χ3v) is 3.90. The van der Waals surface area contributed by atoms with E-state index in [1.807, 2.05) is 0 Å². The fraction of sp³-hybridized carbons (Fsp3) is 0. The number of hydrogen-bond acceptors (Lipinski definition) is 6. The number of amides is 1. The number of hydrogen-bond donors (Lipinski definition) is 1. The number of non-ortho nitro benzene ring substituents is 1. The van der Waals surface area contributed by atoms with Crippen LogP contribution in [0.25, 0.3) is 17.5 Å². The molecule has 1 heterocycles. The van der Waals surface area contributed by atoms with E-state index in [1.54, 1.807) is 12.1 Å². The summed E-state index contributed by atoms with van der Waals surface area (Å²) in [5.41, 5.74) is 1.07. The van der Waals surface area contributed by atoms with Gasteiger partial charge in [0.15, 0.2) is 0 Å². The van der Waals surface area contributed by atoms with Gasteiger partial charge < -0.3 is 4.42 Å². The second-order valence-corrected chi connectivity index (χ2v) is 6.05. The molecule has 3 rings (SSSR count). The van der Waals surface area contributed by atoms with Gasteiger partial charge in [-0.1, -0.05) is 28.3 Å². The van der Waals surface area contributed by atoms with Crippen LogP contribution in [0.4, 0.5) is 11.7 Å². The Bertz CT molecular complexity index is 1030. The second kappa shape index (κ2) is 7.98. The molecule has 0 saturated heterocycles. The molecule has 0 spiro atoms. The molecule has 27 heavy (non-hydrogen) atoms. The number of rotatable bonds is 5. The van der Waals surface area contributed by atoms with Crippen molar-refractivity contribution in [1.29, 1.82) is 0 Å². The van der Waals surface area contributed by atoms with Gasteiger partial charge in [0.25, 0.3) is 17.5 Å². The van der Waals surface area contributed by atoms with Crippen LogP contribution in [0, 0.1) is 10.1 Å². The molecule has 3 aromatic rings. The molecule has 0 bridgehead atoms. The zero-order chi connectivity index (χ0) is 19.4. The largest absolute Gasteiger partial charge is 0.403 e. The molecule has 2 aromatic carbocycles. The lowest BCUT2D eigenvalue weighted by atomic mass is 10.2. The van der Waals surface area contributed by atoms with Crippen molar-refractivity contribution in [3.05, 3.63) is 74.3 Å². The highest BCUT2D eigenvalue weighted by Crippen LogP contribution is 2.30. The summed E-state index contributed by atoms with van der Waals surface area (Å²) in [4.78, 5) is 22.1. The fourth-order valence-corrected chi connectivity index (χ4v) is 2.56. The number of benzene rings is 2. The van der Waals surface area contributed by atoms with E-state index in [-0.39, 0.29) is 17.6 Å². The van der Waals surface area contributed by atoms with Gasteiger partial charge in [0.1, 0.15) is 0 Å². The smallest absolute Gasteiger partial charge is 0.322 e. The van der Waals surface area contributed by atoms with Crippen LogP contribution < -0.4 is 5.32 Å². The molecule has 1 N–H and O–H groups in total. The van der Waals surface area contributed by atoms with E-state index < -0.39 is 10.8 Å². The molecule has 0 aliphatic heterocycles. The van der Waals surface area contributed by atoms with Crippen LogP contribution in [-0.2, 0) is 4.79 Å². The number of anilines is 1. The van der Waals surface area contributed by atoms with Crippen LogP contribution in [0.1, 0.15) is 5.56 Å². The molecular formula is C17H10Cl2N4O4. The number of carbonyl (C=O) groups is 1. The number of nitro groups is 1. The number of carbonyl (C=O) groups excluding carboxylic acids is 1. The van der Waals surface area contributed by atoms with Crippen molar-refractivity contribution >= 4 is 46.9 Å². The lowest BCUT2D eigenvalue weighted by Gasteiger charge is -1.99. The van der Waals surface area contributed by atoms with Gasteiger partial charge in [0.2, 0.25) is 0 Å². The molecule has 0 aliphatic carbocycles. The molecule has 0 fully saturated rings. The van der Waals surface area contributed by atoms with Crippen molar-refractivity contribution in [1.82, 2.24) is 10.2 Å². The Labute approximate surface area is 162 Å². The quantitative estimate of drug-likeness (QED) is 0.377. The van der Waals surface area contributed by atoms with Crippen molar-refractivity contribution in [3.63, 3.8) is 0 Å². The van der Waals surface area contributed by atoms with Gasteiger partial charge >= 0.3 is 6.01 Å². The highest BCUT2D eigenvalue weighted by atomic mass is 35.5. The van der Waals surface area contributed by atoms with Gasteiger partial charge in [-0.05, 0) is 42.0 Å². The Morgan fingerprint density at radius 1 is 1.15 bits per heavy atom. The van der Waals surface area contributed by atoms with Gasteiger partial charge in [-0.15, -0.1) is 5.10 Å². The Morgan fingerprint density at radius 3 is 2.56 bits per heavy atom. The zero-order valence-electron chi connectivity index (χ0n) is 13.4. The van der Waals surface area contributed by atoms with Crippen LogP contribution in [0.3, 0.4) is 0 Å². The summed E-state index contributed by atoms with van der Waals surface area (Å²) >= 11 is 11.9. The van der Waals surface area contributed by atoms with Crippen LogP contribution in [-0.4, -0.2) is 21.0 Å². The minimum absolute atomic E-state index is 0.0316. The first-order chi connectivity index (χ1) is 12.9. The molecule has 0 radical (unpaired) electrons. The van der Waals surface area contributed by atoms with Gasteiger partial charge in [0, 0.05) is 23.2 Å². The van der Waals surface area contributed by atoms with Crippen molar-refractivity contribution in [2.45, 2.75) is 0 Å². The summed E-state index contributed by atoms with van der Waals surface area (Å²) in [5, 5.41) is 21.4. The molecule has 0 unspecified atom stereocenters. The number of nitrogens with one attached hydrogen (secondary N) is 1. The predicted molar refractivity (Wildman–Crippen MR) is 101 cm³/mol. The maximum Gasteiger partial charge on any atom is 0.322 e. The number of aromatic nitrogens is 2. The molecule has 0 atom stereocenters. The van der Waals surface area contributed by atoms with Crippen molar-refractivity contribution < 1.29 is 14.1 Å². The van der Waals surface area contributed by atoms with Crippen molar-refractivity contribution in [3.8, 4) is 11.5 Å². The molecule has 0 saturated carbocycles. The Kier molecular flexibility index (Phi) is 5.49. The minimum Gasteiger partial charge on any atom is -0.403 e. The van der Waals surface area contributed by atoms with E-state index in [0.717, 1.165) is 0 Å². The summed E-state index contributed by atoms with van der Waals surface area (Å²) in [6.07, 6.45) is 2.73. The zero-order valence-corrected chi connectivity index (χ0v) is 14.9. The van der Waals surface area contributed by atoms with E-state index >= 15 is 0 Å². The molecular weight excluding hydrogens is 395 g/mol. The van der Waals surface area contributed by atoms with Gasteiger partial charge in [-0.25, -0.2) is 0 Å². The summed E-state index contributed by atoms with van der Waals surface area (Å²) in [7, 11) is 0. The fourth-order valence-electron chi connectivity index (χ4n) is 2.07. The maximum absolute atomic E-state index is 11.9. The first-order valence-corrected chi connectivity index (χ1v) is 8.20. The second-order valence-electron chi connectivity index (χ2n) is 5.21. The lowest BCUT2D eigenvalue weighted by Crippen LogP contribution is -2.07. The van der Waals surface area contributed by atoms with Crippen molar-refractivity contribution in [2.75, 3.05) is 5.32 Å². The lowest BCUT2D eigenvalue weighted by molar-refractivity contribution is -0.384. The first kappa shape index (κ1) is 18.6. The summed E-state index contributed by atoms with van der Waals surface area (Å²) in [6, 6.07) is 10.4. The Morgan fingerprint density at radius 2 is 1.89 bits per heavy atom. The Balaban J connectivity index is 1.66. The van der Waals surface area contributed by atoms with E-state index in [9.17, 15) is 14.9 Å². The van der Waals surface area contributed by atoms with Crippen molar-refractivity contribution in [2.24, 2.45) is 0 Å². The monoisotopic (exact) mass is 404 g/mol. The van der Waals surface area contributed by atoms with E-state index in [2.05, 4.69) is 15.5 Å². The van der Waals surface area contributed by atoms with E-state index in [4.69, 9.17) is 27.6 Å². The average molecular weight is 405 g/mol. The average Bonchev–Trinajstić information content (AvgIpc) is 3.08. The molecule has 1 aromatic heterocycles. The predicted octanol–water partition coefficient (Wildman–Crippen LogP) is 4.60. The minimum atomic E-state index is -0.509. The highest BCUT2D eigenvalue weighted by Gasteiger charge is 2.13. The number of halogens is 2. The first-order valence-electron chi connectivity index (χ1n) is 7.45. The van der Waals surface area contributed by atoms with Gasteiger partial charge in [0.05, 0.1) is 15.5 Å². The topological polar surface area (TPSA) is 111 Å².